The Bertz CT molecular complexity index is 292. The molecular weight excluding hydrogens is 224 g/mol. The lowest BCUT2D eigenvalue weighted by molar-refractivity contribution is -0.128. The van der Waals surface area contributed by atoms with E-state index in [0.29, 0.717) is 24.1 Å². The van der Waals surface area contributed by atoms with Crippen LogP contribution >= 0.6 is 11.8 Å². The van der Waals surface area contributed by atoms with E-state index in [1.165, 1.54) is 12.8 Å². The molecule has 1 saturated heterocycles. The minimum absolute atomic E-state index is 0.0321. The zero-order valence-corrected chi connectivity index (χ0v) is 10.4. The quantitative estimate of drug-likeness (QED) is 0.756. The molecule has 2 rings (SSSR count). The van der Waals surface area contributed by atoms with E-state index < -0.39 is 0 Å². The molecule has 0 aromatic heterocycles. The topological polar surface area (TPSA) is 58.2 Å². The molecule has 1 saturated carbocycles. The zero-order valence-electron chi connectivity index (χ0n) is 9.54. The minimum Gasteiger partial charge on any atom is -0.355 e. The first kappa shape index (κ1) is 11.8. The molecule has 2 N–H and O–H groups in total. The highest BCUT2D eigenvalue weighted by Crippen LogP contribution is 2.46. The summed E-state index contributed by atoms with van der Waals surface area (Å²) in [4.78, 5) is 22.8. The van der Waals surface area contributed by atoms with Gasteiger partial charge in [0.25, 0.3) is 0 Å². The maximum Gasteiger partial charge on any atom is 0.224 e. The summed E-state index contributed by atoms with van der Waals surface area (Å²) in [6, 6.07) is 0. The molecule has 2 fully saturated rings. The summed E-state index contributed by atoms with van der Waals surface area (Å²) in [7, 11) is 0. The maximum atomic E-state index is 11.8. The number of nitrogens with one attached hydrogen (secondary N) is 2. The molecule has 4 nitrogen and oxygen atoms in total. The van der Waals surface area contributed by atoms with Crippen LogP contribution in [0.15, 0.2) is 0 Å². The van der Waals surface area contributed by atoms with Crippen molar-refractivity contribution in [2.24, 2.45) is 5.92 Å². The van der Waals surface area contributed by atoms with E-state index >= 15 is 0 Å². The molecule has 16 heavy (non-hydrogen) atoms. The van der Waals surface area contributed by atoms with Gasteiger partial charge in [-0.05, 0) is 25.5 Å². The summed E-state index contributed by atoms with van der Waals surface area (Å²) in [6.45, 7) is 1.27. The monoisotopic (exact) mass is 242 g/mol. The maximum absolute atomic E-state index is 11.8. The second-order valence-corrected chi connectivity index (χ2v) is 5.92. The predicted octanol–water partition coefficient (Wildman–Crippen LogP) is 0.524. The fraction of sp³-hybridized carbons (Fsp3) is 0.818. The van der Waals surface area contributed by atoms with Crippen LogP contribution in [0.5, 0.6) is 0 Å². The van der Waals surface area contributed by atoms with Crippen LogP contribution < -0.4 is 10.6 Å². The van der Waals surface area contributed by atoms with Crippen molar-refractivity contribution in [2.45, 2.75) is 30.4 Å². The molecule has 1 aliphatic carbocycles. The van der Waals surface area contributed by atoms with Crippen LogP contribution in [0.25, 0.3) is 0 Å². The van der Waals surface area contributed by atoms with Gasteiger partial charge in [-0.15, -0.1) is 0 Å². The molecule has 1 aliphatic heterocycles. The van der Waals surface area contributed by atoms with Gasteiger partial charge in [-0.2, -0.15) is 11.8 Å². The smallest absolute Gasteiger partial charge is 0.224 e. The Morgan fingerprint density at radius 2 is 2.38 bits per heavy atom. The van der Waals surface area contributed by atoms with Crippen LogP contribution in [0, 0.1) is 5.92 Å². The first-order valence-electron chi connectivity index (χ1n) is 5.75. The van der Waals surface area contributed by atoms with Crippen LogP contribution in [0.4, 0.5) is 0 Å². The average Bonchev–Trinajstić information content (AvgIpc) is 3.08. The summed E-state index contributed by atoms with van der Waals surface area (Å²) >= 11 is 1.84. The van der Waals surface area contributed by atoms with Gasteiger partial charge in [0.05, 0.1) is 5.92 Å². The van der Waals surface area contributed by atoms with E-state index in [-0.39, 0.29) is 17.7 Å². The highest BCUT2D eigenvalue weighted by atomic mass is 32.2. The molecule has 1 atom stereocenters. The van der Waals surface area contributed by atoms with E-state index in [4.69, 9.17) is 0 Å². The van der Waals surface area contributed by atoms with Crippen molar-refractivity contribution >= 4 is 23.6 Å². The minimum atomic E-state index is -0.0321. The molecule has 2 aliphatic rings. The molecule has 0 radical (unpaired) electrons. The predicted molar refractivity (Wildman–Crippen MR) is 64.2 cm³/mol. The third-order valence-corrected chi connectivity index (χ3v) is 4.88. The standard InChI is InChI=1S/C11H18N2O2S/c1-16-11(4-5-11)7-13-10(15)8-2-3-9(14)12-6-8/h8H,2-7H2,1H3,(H,12,14)(H,13,15). The van der Waals surface area contributed by atoms with E-state index in [0.717, 1.165) is 6.54 Å². The Balaban J connectivity index is 1.73. The van der Waals surface area contributed by atoms with E-state index in [9.17, 15) is 9.59 Å². The van der Waals surface area contributed by atoms with Crippen LogP contribution in [-0.2, 0) is 9.59 Å². The van der Waals surface area contributed by atoms with Crippen molar-refractivity contribution in [2.75, 3.05) is 19.3 Å². The lowest BCUT2D eigenvalue weighted by atomic mass is 9.98. The normalized spacial score (nSPS) is 27.1. The SMILES string of the molecule is CSC1(CNC(=O)C2CCC(=O)NC2)CC1. The number of piperidine rings is 1. The Morgan fingerprint density at radius 1 is 1.62 bits per heavy atom. The Kier molecular flexibility index (Phi) is 3.42. The van der Waals surface area contributed by atoms with Crippen molar-refractivity contribution in [3.8, 4) is 0 Å². The van der Waals surface area contributed by atoms with Gasteiger partial charge in [-0.1, -0.05) is 0 Å². The van der Waals surface area contributed by atoms with E-state index in [1.807, 2.05) is 11.8 Å². The Labute approximate surface area is 99.9 Å². The third kappa shape index (κ3) is 2.70. The zero-order chi connectivity index (χ0) is 11.6. The number of hydrogen-bond donors (Lipinski definition) is 2. The molecule has 5 heteroatoms. The molecule has 0 bridgehead atoms. The first-order chi connectivity index (χ1) is 7.65. The highest BCUT2D eigenvalue weighted by molar-refractivity contribution is 8.00. The van der Waals surface area contributed by atoms with Gasteiger partial charge in [0.15, 0.2) is 0 Å². The van der Waals surface area contributed by atoms with Crippen LogP contribution in [0.2, 0.25) is 0 Å². The number of thioether (sulfide) groups is 1. The summed E-state index contributed by atoms with van der Waals surface area (Å²) < 4.78 is 0.313. The summed E-state index contributed by atoms with van der Waals surface area (Å²) in [6.07, 6.45) is 5.67. The second-order valence-electron chi connectivity index (χ2n) is 4.64. The number of carbonyl (C=O) groups is 2. The number of carbonyl (C=O) groups excluding carboxylic acids is 2. The van der Waals surface area contributed by atoms with Gasteiger partial charge in [-0.3, -0.25) is 9.59 Å². The molecule has 1 heterocycles. The van der Waals surface area contributed by atoms with Crippen molar-refractivity contribution in [3.63, 3.8) is 0 Å². The lowest BCUT2D eigenvalue weighted by Gasteiger charge is -2.22. The average molecular weight is 242 g/mol. The van der Waals surface area contributed by atoms with Crippen molar-refractivity contribution in [1.29, 1.82) is 0 Å². The fourth-order valence-electron chi connectivity index (χ4n) is 1.94. The van der Waals surface area contributed by atoms with Gasteiger partial charge >= 0.3 is 0 Å². The molecule has 0 aromatic carbocycles. The van der Waals surface area contributed by atoms with Gasteiger partial charge in [0.2, 0.25) is 11.8 Å². The van der Waals surface area contributed by atoms with Gasteiger partial charge in [0, 0.05) is 24.3 Å². The fourth-order valence-corrected chi connectivity index (χ4v) is 2.67. The molecular formula is C11H18N2O2S. The van der Waals surface area contributed by atoms with Crippen LogP contribution in [0.3, 0.4) is 0 Å². The summed E-state index contributed by atoms with van der Waals surface area (Å²) in [5.41, 5.74) is 0. The summed E-state index contributed by atoms with van der Waals surface area (Å²) in [5.74, 6) is 0.127. The molecule has 2 amide bonds. The van der Waals surface area contributed by atoms with Gasteiger partial charge < -0.3 is 10.6 Å². The Morgan fingerprint density at radius 3 is 2.88 bits per heavy atom. The number of hydrogen-bond acceptors (Lipinski definition) is 3. The van der Waals surface area contributed by atoms with Crippen molar-refractivity contribution < 1.29 is 9.59 Å². The van der Waals surface area contributed by atoms with Gasteiger partial charge in [0.1, 0.15) is 0 Å². The van der Waals surface area contributed by atoms with Crippen molar-refractivity contribution in [3.05, 3.63) is 0 Å². The summed E-state index contributed by atoms with van der Waals surface area (Å²) in [5, 5.41) is 5.74. The molecule has 90 valence electrons. The van der Waals surface area contributed by atoms with E-state index in [1.54, 1.807) is 0 Å². The lowest BCUT2D eigenvalue weighted by Crippen LogP contribution is -2.44. The van der Waals surface area contributed by atoms with Crippen molar-refractivity contribution in [1.82, 2.24) is 10.6 Å². The first-order valence-corrected chi connectivity index (χ1v) is 6.97. The highest BCUT2D eigenvalue weighted by Gasteiger charge is 2.42. The van der Waals surface area contributed by atoms with E-state index in [2.05, 4.69) is 16.9 Å². The Hall–Kier alpha value is -0.710. The third-order valence-electron chi connectivity index (χ3n) is 3.46. The molecule has 1 unspecified atom stereocenters. The van der Waals surface area contributed by atoms with Crippen LogP contribution in [0.1, 0.15) is 25.7 Å². The number of rotatable bonds is 4. The molecule has 0 aromatic rings. The number of amides is 2. The second kappa shape index (κ2) is 4.65. The van der Waals surface area contributed by atoms with Gasteiger partial charge in [-0.25, -0.2) is 0 Å². The molecule has 0 spiro atoms. The largest absolute Gasteiger partial charge is 0.355 e. The van der Waals surface area contributed by atoms with Crippen LogP contribution in [-0.4, -0.2) is 35.9 Å².